The molecule has 4 bridgehead atoms. The lowest BCUT2D eigenvalue weighted by Gasteiger charge is -2.61. The molecule has 4 heteroatoms. The Labute approximate surface area is 106 Å². The number of hydrogen-bond donors (Lipinski definition) is 0. The molecule has 0 N–H and O–H groups in total. The molecule has 2 unspecified atom stereocenters. The van der Waals surface area contributed by atoms with Crippen molar-refractivity contribution in [3.05, 3.63) is 0 Å². The second-order valence-electron chi connectivity index (χ2n) is 6.85. The number of ether oxygens (including phenoxy) is 2. The van der Waals surface area contributed by atoms with Gasteiger partial charge in [0.05, 0.1) is 6.42 Å². The second-order valence-corrected chi connectivity index (χ2v) is 6.85. The Morgan fingerprint density at radius 1 is 1.28 bits per heavy atom. The molecular weight excluding hydrogens is 232 g/mol. The van der Waals surface area contributed by atoms with Gasteiger partial charge in [0.2, 0.25) is 0 Å². The van der Waals surface area contributed by atoms with Crippen LogP contribution in [0.3, 0.4) is 0 Å². The van der Waals surface area contributed by atoms with E-state index in [9.17, 15) is 9.59 Å². The van der Waals surface area contributed by atoms with Crippen molar-refractivity contribution in [2.45, 2.75) is 57.2 Å². The molecule has 1 aliphatic heterocycles. The molecule has 5 fully saturated rings. The van der Waals surface area contributed by atoms with Gasteiger partial charge in [-0.15, -0.1) is 0 Å². The average Bonchev–Trinajstić information content (AvgIpc) is 2.52. The number of hydrogen-bond acceptors (Lipinski definition) is 4. The Bertz CT molecular complexity index is 427. The highest BCUT2D eigenvalue weighted by Gasteiger charge is 2.70. The van der Waals surface area contributed by atoms with Crippen LogP contribution in [0, 0.1) is 17.3 Å². The van der Waals surface area contributed by atoms with E-state index in [1.165, 1.54) is 13.3 Å². The Balaban J connectivity index is 1.79. The van der Waals surface area contributed by atoms with Crippen LogP contribution in [0.2, 0.25) is 0 Å². The van der Waals surface area contributed by atoms with E-state index in [2.05, 4.69) is 0 Å². The van der Waals surface area contributed by atoms with Crippen LogP contribution in [0.5, 0.6) is 0 Å². The maximum atomic E-state index is 11.7. The SMILES string of the molecule is CC(=O)OC12CC3CC(CC4(CC(=O)O[C@@H]41)C3)C2. The quantitative estimate of drug-likeness (QED) is 0.666. The van der Waals surface area contributed by atoms with Gasteiger partial charge in [-0.2, -0.15) is 0 Å². The molecule has 0 aromatic rings. The molecule has 5 aliphatic rings. The van der Waals surface area contributed by atoms with Gasteiger partial charge in [0.25, 0.3) is 0 Å². The Hall–Kier alpha value is -1.06. The molecule has 0 amide bonds. The van der Waals surface area contributed by atoms with Crippen LogP contribution in [-0.2, 0) is 19.1 Å². The smallest absolute Gasteiger partial charge is 0.306 e. The number of rotatable bonds is 1. The van der Waals surface area contributed by atoms with Crippen molar-refractivity contribution in [3.63, 3.8) is 0 Å². The summed E-state index contributed by atoms with van der Waals surface area (Å²) in [7, 11) is 0. The summed E-state index contributed by atoms with van der Waals surface area (Å²) >= 11 is 0. The van der Waals surface area contributed by atoms with E-state index in [0.29, 0.717) is 18.3 Å². The summed E-state index contributed by atoms with van der Waals surface area (Å²) in [5.41, 5.74) is -0.515. The highest BCUT2D eigenvalue weighted by molar-refractivity contribution is 5.74. The summed E-state index contributed by atoms with van der Waals surface area (Å²) in [6, 6.07) is 0. The lowest BCUT2D eigenvalue weighted by molar-refractivity contribution is -0.241. The van der Waals surface area contributed by atoms with Crippen molar-refractivity contribution >= 4 is 11.9 Å². The Morgan fingerprint density at radius 3 is 2.56 bits per heavy atom. The molecule has 1 saturated heterocycles. The topological polar surface area (TPSA) is 52.6 Å². The normalized spacial score (nSPS) is 52.1. The molecule has 0 aromatic heterocycles. The fourth-order valence-electron chi connectivity index (χ4n) is 5.58. The first-order valence-corrected chi connectivity index (χ1v) is 6.90. The van der Waals surface area contributed by atoms with Crippen molar-refractivity contribution in [3.8, 4) is 0 Å². The summed E-state index contributed by atoms with van der Waals surface area (Å²) in [4.78, 5) is 23.2. The third-order valence-electron chi connectivity index (χ3n) is 5.45. The highest BCUT2D eigenvalue weighted by atomic mass is 16.6. The fourth-order valence-corrected chi connectivity index (χ4v) is 5.58. The lowest BCUT2D eigenvalue weighted by atomic mass is 9.46. The highest BCUT2D eigenvalue weighted by Crippen LogP contribution is 2.66. The maximum Gasteiger partial charge on any atom is 0.306 e. The van der Waals surface area contributed by atoms with Gasteiger partial charge in [0.15, 0.2) is 0 Å². The molecule has 4 aliphatic carbocycles. The monoisotopic (exact) mass is 250 g/mol. The minimum absolute atomic E-state index is 0.0172. The number of carbonyl (C=O) groups is 2. The number of esters is 2. The summed E-state index contributed by atoms with van der Waals surface area (Å²) in [6.45, 7) is 1.46. The third-order valence-corrected chi connectivity index (χ3v) is 5.45. The zero-order valence-electron chi connectivity index (χ0n) is 10.6. The van der Waals surface area contributed by atoms with E-state index in [1.807, 2.05) is 0 Å². The fraction of sp³-hybridized carbons (Fsp3) is 0.857. The molecule has 4 saturated carbocycles. The van der Waals surface area contributed by atoms with Crippen molar-refractivity contribution in [1.29, 1.82) is 0 Å². The molecule has 98 valence electrons. The van der Waals surface area contributed by atoms with Gasteiger partial charge in [-0.25, -0.2) is 0 Å². The molecule has 0 radical (unpaired) electrons. The zero-order chi connectivity index (χ0) is 12.5. The van der Waals surface area contributed by atoms with E-state index in [1.54, 1.807) is 0 Å². The summed E-state index contributed by atoms with van der Waals surface area (Å²) in [5.74, 6) is 0.889. The second kappa shape index (κ2) is 3.09. The zero-order valence-corrected chi connectivity index (χ0v) is 10.6. The molecule has 4 nitrogen and oxygen atoms in total. The third kappa shape index (κ3) is 1.21. The van der Waals surface area contributed by atoms with Crippen LogP contribution in [0.1, 0.15) is 45.4 Å². The Morgan fingerprint density at radius 2 is 1.94 bits per heavy atom. The molecule has 1 spiro atoms. The van der Waals surface area contributed by atoms with Gasteiger partial charge in [-0.3, -0.25) is 9.59 Å². The van der Waals surface area contributed by atoms with Gasteiger partial charge >= 0.3 is 11.9 Å². The maximum absolute atomic E-state index is 11.7. The first-order valence-electron chi connectivity index (χ1n) is 6.90. The van der Waals surface area contributed by atoms with Gasteiger partial charge in [0.1, 0.15) is 11.7 Å². The molecule has 0 aromatic carbocycles. The first-order chi connectivity index (χ1) is 8.51. The van der Waals surface area contributed by atoms with Gasteiger partial charge < -0.3 is 9.47 Å². The predicted octanol–water partition coefficient (Wildman–Crippen LogP) is 1.81. The first kappa shape index (κ1) is 10.8. The standard InChI is InChI=1S/C14H18O4/c1-8(15)18-14-5-9-2-10(6-14)4-13(3-9)7-11(16)17-12(13)14/h9-10,12H,2-7H2,1H3/t9?,10?,12-,13?,14?/m0/s1. The molecule has 1 heterocycles. The largest absolute Gasteiger partial charge is 0.457 e. The summed E-state index contributed by atoms with van der Waals surface area (Å²) < 4.78 is 11.3. The molecule has 3 atom stereocenters. The van der Waals surface area contributed by atoms with Crippen LogP contribution in [0.25, 0.3) is 0 Å². The number of carbonyl (C=O) groups excluding carboxylic acids is 2. The minimum atomic E-state index is -0.498. The average molecular weight is 250 g/mol. The summed E-state index contributed by atoms with van der Waals surface area (Å²) in [5, 5.41) is 0. The van der Waals surface area contributed by atoms with E-state index in [-0.39, 0.29) is 23.5 Å². The van der Waals surface area contributed by atoms with Crippen molar-refractivity contribution in [2.24, 2.45) is 17.3 Å². The van der Waals surface area contributed by atoms with Crippen LogP contribution in [-0.4, -0.2) is 23.6 Å². The molecule has 5 rings (SSSR count). The van der Waals surface area contributed by atoms with Crippen LogP contribution in [0.15, 0.2) is 0 Å². The van der Waals surface area contributed by atoms with Crippen LogP contribution >= 0.6 is 0 Å². The Kier molecular flexibility index (Phi) is 1.86. The van der Waals surface area contributed by atoms with Crippen molar-refractivity contribution < 1.29 is 19.1 Å². The van der Waals surface area contributed by atoms with Gasteiger partial charge in [-0.1, -0.05) is 0 Å². The molecular formula is C14H18O4. The van der Waals surface area contributed by atoms with Crippen LogP contribution in [0.4, 0.5) is 0 Å². The van der Waals surface area contributed by atoms with E-state index >= 15 is 0 Å². The van der Waals surface area contributed by atoms with E-state index in [0.717, 1.165) is 25.7 Å². The molecule has 18 heavy (non-hydrogen) atoms. The lowest BCUT2D eigenvalue weighted by Crippen LogP contribution is -2.65. The van der Waals surface area contributed by atoms with E-state index in [4.69, 9.17) is 9.47 Å². The van der Waals surface area contributed by atoms with Crippen molar-refractivity contribution in [1.82, 2.24) is 0 Å². The van der Waals surface area contributed by atoms with Gasteiger partial charge in [0, 0.05) is 12.3 Å². The van der Waals surface area contributed by atoms with E-state index < -0.39 is 5.60 Å². The minimum Gasteiger partial charge on any atom is -0.457 e. The van der Waals surface area contributed by atoms with Crippen molar-refractivity contribution in [2.75, 3.05) is 0 Å². The summed E-state index contributed by atoms with van der Waals surface area (Å²) in [6.07, 6.45) is 5.56. The van der Waals surface area contributed by atoms with Crippen LogP contribution < -0.4 is 0 Å². The predicted molar refractivity (Wildman–Crippen MR) is 61.5 cm³/mol. The van der Waals surface area contributed by atoms with Gasteiger partial charge in [-0.05, 0) is 43.9 Å².